The molecule has 0 aromatic heterocycles. The van der Waals surface area contributed by atoms with E-state index in [4.69, 9.17) is 37.4 Å². The second kappa shape index (κ2) is 14.5. The van der Waals surface area contributed by atoms with E-state index in [9.17, 15) is 4.79 Å². The molecular formula is C28H30Cl2N2O4. The van der Waals surface area contributed by atoms with Crippen LogP contribution in [0.2, 0.25) is 10.0 Å². The average Bonchev–Trinajstić information content (AvgIpc) is 2.89. The predicted octanol–water partition coefficient (Wildman–Crippen LogP) is 9.38. The van der Waals surface area contributed by atoms with Gasteiger partial charge in [-0.05, 0) is 61.0 Å². The highest BCUT2D eigenvalue weighted by Gasteiger charge is 2.13. The van der Waals surface area contributed by atoms with Gasteiger partial charge in [0.2, 0.25) is 0 Å². The van der Waals surface area contributed by atoms with E-state index < -0.39 is 5.97 Å². The SMILES string of the molecule is CCCCCCCCOc1ccc(C(=O)Oc2ccc(N=Nc3ccc(Cl)c(Cl)c3)cc2OC)cc1. The Labute approximate surface area is 222 Å². The number of unbranched alkanes of at least 4 members (excludes halogenated alkanes) is 5. The Balaban J connectivity index is 1.55. The van der Waals surface area contributed by atoms with Crippen LogP contribution < -0.4 is 14.2 Å². The lowest BCUT2D eigenvalue weighted by Crippen LogP contribution is -2.09. The van der Waals surface area contributed by atoms with Gasteiger partial charge in [0.1, 0.15) is 5.75 Å². The van der Waals surface area contributed by atoms with Crippen LogP contribution in [0.15, 0.2) is 70.9 Å². The smallest absolute Gasteiger partial charge is 0.343 e. The minimum atomic E-state index is -0.499. The Morgan fingerprint density at radius 2 is 1.44 bits per heavy atom. The average molecular weight is 529 g/mol. The van der Waals surface area contributed by atoms with Crippen molar-refractivity contribution in [2.24, 2.45) is 10.2 Å². The number of hydrogen-bond donors (Lipinski definition) is 0. The van der Waals surface area contributed by atoms with Gasteiger partial charge < -0.3 is 14.2 Å². The summed E-state index contributed by atoms with van der Waals surface area (Å²) in [6.07, 6.45) is 7.25. The maximum absolute atomic E-state index is 12.7. The number of azo groups is 1. The molecule has 0 fully saturated rings. The van der Waals surface area contributed by atoms with Gasteiger partial charge in [-0.1, -0.05) is 62.2 Å². The molecule has 190 valence electrons. The van der Waals surface area contributed by atoms with Gasteiger partial charge in [0, 0.05) is 6.07 Å². The van der Waals surface area contributed by atoms with Crippen molar-refractivity contribution in [1.82, 2.24) is 0 Å². The Hall–Kier alpha value is -3.09. The maximum Gasteiger partial charge on any atom is 0.343 e. The molecule has 0 N–H and O–H groups in total. The first-order valence-electron chi connectivity index (χ1n) is 12.0. The van der Waals surface area contributed by atoms with Crippen molar-refractivity contribution in [1.29, 1.82) is 0 Å². The van der Waals surface area contributed by atoms with Gasteiger partial charge in [-0.15, -0.1) is 0 Å². The minimum absolute atomic E-state index is 0.277. The second-order valence-corrected chi connectivity index (χ2v) is 8.98. The highest BCUT2D eigenvalue weighted by Crippen LogP contribution is 2.33. The van der Waals surface area contributed by atoms with Gasteiger partial charge in [0.05, 0.1) is 40.7 Å². The fourth-order valence-electron chi connectivity index (χ4n) is 3.38. The van der Waals surface area contributed by atoms with E-state index in [0.29, 0.717) is 39.3 Å². The van der Waals surface area contributed by atoms with Gasteiger partial charge in [0.15, 0.2) is 11.5 Å². The molecule has 0 aliphatic carbocycles. The highest BCUT2D eigenvalue weighted by atomic mass is 35.5. The molecule has 3 aromatic carbocycles. The third-order valence-corrected chi connectivity index (χ3v) is 6.13. The van der Waals surface area contributed by atoms with Crippen LogP contribution >= 0.6 is 23.2 Å². The normalized spacial score (nSPS) is 11.0. The molecule has 36 heavy (non-hydrogen) atoms. The van der Waals surface area contributed by atoms with Crippen LogP contribution in [0, 0.1) is 0 Å². The molecule has 0 aliphatic rings. The predicted molar refractivity (Wildman–Crippen MR) is 144 cm³/mol. The van der Waals surface area contributed by atoms with E-state index in [0.717, 1.165) is 12.2 Å². The number of methoxy groups -OCH3 is 1. The fraction of sp³-hybridized carbons (Fsp3) is 0.321. The van der Waals surface area contributed by atoms with E-state index in [2.05, 4.69) is 17.2 Å². The molecule has 0 heterocycles. The number of rotatable bonds is 13. The van der Waals surface area contributed by atoms with E-state index in [-0.39, 0.29) is 5.75 Å². The van der Waals surface area contributed by atoms with Crippen LogP contribution in [0.25, 0.3) is 0 Å². The third kappa shape index (κ3) is 8.54. The second-order valence-electron chi connectivity index (χ2n) is 8.16. The van der Waals surface area contributed by atoms with Crippen molar-refractivity contribution < 1.29 is 19.0 Å². The van der Waals surface area contributed by atoms with E-state index in [1.54, 1.807) is 60.7 Å². The molecule has 3 rings (SSSR count). The summed E-state index contributed by atoms with van der Waals surface area (Å²) < 4.78 is 16.7. The third-order valence-electron chi connectivity index (χ3n) is 5.39. The quantitative estimate of drug-likeness (QED) is 0.0957. The lowest BCUT2D eigenvalue weighted by molar-refractivity contribution is 0.0729. The van der Waals surface area contributed by atoms with Gasteiger partial charge in [-0.2, -0.15) is 10.2 Å². The van der Waals surface area contributed by atoms with Crippen LogP contribution in [0.4, 0.5) is 11.4 Å². The number of hydrogen-bond acceptors (Lipinski definition) is 6. The van der Waals surface area contributed by atoms with Crippen LogP contribution in [0.3, 0.4) is 0 Å². The van der Waals surface area contributed by atoms with Crippen LogP contribution in [0.5, 0.6) is 17.2 Å². The Morgan fingerprint density at radius 3 is 2.14 bits per heavy atom. The standard InChI is InChI=1S/C28H30Cl2N2O4/c1-3-4-5-6-7-8-17-35-23-13-9-20(10-14-23)28(33)36-26-16-12-22(19-27(26)34-2)32-31-21-11-15-24(29)25(30)18-21/h9-16,18-19H,3-8,17H2,1-2H3. The first kappa shape index (κ1) is 27.5. The summed E-state index contributed by atoms with van der Waals surface area (Å²) >= 11 is 11.9. The van der Waals surface area contributed by atoms with E-state index in [1.807, 2.05) is 0 Å². The summed E-state index contributed by atoms with van der Waals surface area (Å²) in [6.45, 7) is 2.88. The Bertz CT molecular complexity index is 1170. The maximum atomic E-state index is 12.7. The van der Waals surface area contributed by atoms with E-state index in [1.165, 1.54) is 39.2 Å². The topological polar surface area (TPSA) is 69.5 Å². The van der Waals surface area contributed by atoms with Crippen LogP contribution in [0.1, 0.15) is 55.8 Å². The summed E-state index contributed by atoms with van der Waals surface area (Å²) in [5.74, 6) is 0.863. The Kier molecular flexibility index (Phi) is 11.0. The largest absolute Gasteiger partial charge is 0.494 e. The molecule has 0 amide bonds. The van der Waals surface area contributed by atoms with Crippen molar-refractivity contribution in [3.8, 4) is 17.2 Å². The number of carbonyl (C=O) groups excluding carboxylic acids is 1. The Morgan fingerprint density at radius 1 is 0.778 bits per heavy atom. The molecule has 0 atom stereocenters. The molecule has 3 aromatic rings. The molecule has 0 unspecified atom stereocenters. The lowest BCUT2D eigenvalue weighted by Gasteiger charge is -2.10. The first-order valence-corrected chi connectivity index (χ1v) is 12.8. The lowest BCUT2D eigenvalue weighted by atomic mass is 10.1. The molecule has 0 radical (unpaired) electrons. The van der Waals surface area contributed by atoms with Crippen molar-refractivity contribution in [2.45, 2.75) is 45.4 Å². The number of benzene rings is 3. The fourth-order valence-corrected chi connectivity index (χ4v) is 3.68. The summed E-state index contributed by atoms with van der Waals surface area (Å²) in [5.41, 5.74) is 1.48. The highest BCUT2D eigenvalue weighted by molar-refractivity contribution is 6.42. The summed E-state index contributed by atoms with van der Waals surface area (Å²) in [6, 6.07) is 16.8. The minimum Gasteiger partial charge on any atom is -0.494 e. The molecule has 0 bridgehead atoms. The molecule has 6 nitrogen and oxygen atoms in total. The van der Waals surface area contributed by atoms with Crippen LogP contribution in [-0.4, -0.2) is 19.7 Å². The van der Waals surface area contributed by atoms with Gasteiger partial charge in [-0.25, -0.2) is 4.79 Å². The molecule has 0 saturated carbocycles. The molecule has 0 saturated heterocycles. The summed E-state index contributed by atoms with van der Waals surface area (Å²) in [5, 5.41) is 9.17. The molecule has 8 heteroatoms. The first-order chi connectivity index (χ1) is 17.5. The zero-order valence-electron chi connectivity index (χ0n) is 20.5. The number of nitrogens with zero attached hydrogens (tertiary/aromatic N) is 2. The molecular weight excluding hydrogens is 499 g/mol. The number of carbonyl (C=O) groups is 1. The van der Waals surface area contributed by atoms with Crippen molar-refractivity contribution in [3.63, 3.8) is 0 Å². The van der Waals surface area contributed by atoms with Gasteiger partial charge >= 0.3 is 5.97 Å². The van der Waals surface area contributed by atoms with Gasteiger partial charge in [0.25, 0.3) is 0 Å². The van der Waals surface area contributed by atoms with Crippen molar-refractivity contribution >= 4 is 40.5 Å². The molecule has 0 aliphatic heterocycles. The zero-order valence-corrected chi connectivity index (χ0v) is 22.0. The van der Waals surface area contributed by atoms with Crippen molar-refractivity contribution in [2.75, 3.05) is 13.7 Å². The van der Waals surface area contributed by atoms with Gasteiger partial charge in [-0.3, -0.25) is 0 Å². The van der Waals surface area contributed by atoms with Crippen molar-refractivity contribution in [3.05, 3.63) is 76.3 Å². The monoisotopic (exact) mass is 528 g/mol. The summed E-state index contributed by atoms with van der Waals surface area (Å²) in [4.78, 5) is 12.7. The number of ether oxygens (including phenoxy) is 3. The number of esters is 1. The van der Waals surface area contributed by atoms with Crippen LogP contribution in [-0.2, 0) is 0 Å². The van der Waals surface area contributed by atoms with E-state index >= 15 is 0 Å². The zero-order chi connectivity index (χ0) is 25.8. The number of halogens is 2. The molecule has 0 spiro atoms. The summed E-state index contributed by atoms with van der Waals surface area (Å²) in [7, 11) is 1.49.